The van der Waals surface area contributed by atoms with Gasteiger partial charge in [0.2, 0.25) is 0 Å². The van der Waals surface area contributed by atoms with E-state index in [9.17, 15) is 0 Å². The third kappa shape index (κ3) is 4.34. The van der Waals surface area contributed by atoms with E-state index < -0.39 is 0 Å². The van der Waals surface area contributed by atoms with Gasteiger partial charge in [0.15, 0.2) is 5.75 Å². The third-order valence-corrected chi connectivity index (χ3v) is 2.47. The van der Waals surface area contributed by atoms with Crippen LogP contribution < -0.4 is 4.89 Å². The van der Waals surface area contributed by atoms with Crippen molar-refractivity contribution in [2.75, 3.05) is 6.61 Å². The summed E-state index contributed by atoms with van der Waals surface area (Å²) in [5, 5.41) is 4.69. The van der Waals surface area contributed by atoms with Crippen LogP contribution in [0.3, 0.4) is 0 Å². The number of hydrogen-bond donors (Lipinski definition) is 0. The fraction of sp³-hybridized carbons (Fsp3) is 0.500. The molecule has 1 aromatic rings. The predicted molar refractivity (Wildman–Crippen MR) is 63.4 cm³/mol. The van der Waals surface area contributed by atoms with Crippen LogP contribution >= 0.6 is 0 Å². The highest BCUT2D eigenvalue weighted by atomic mass is 28.1. The second-order valence-corrected chi connectivity index (χ2v) is 4.27. The highest BCUT2D eigenvalue weighted by Crippen LogP contribution is 2.25. The molecular weight excluding hydrogens is 220 g/mol. The highest BCUT2D eigenvalue weighted by molar-refractivity contribution is 6.08. The number of rotatable bonds is 7. The lowest BCUT2D eigenvalue weighted by molar-refractivity contribution is -0.466. The number of benzene rings is 1. The number of para-hydroxylation sites is 1. The molecule has 0 aliphatic rings. The molecule has 0 fully saturated rings. The van der Waals surface area contributed by atoms with E-state index in [4.69, 9.17) is 14.8 Å². The molecule has 0 saturated heterocycles. The predicted octanol–water partition coefficient (Wildman–Crippen LogP) is 3.03. The Hall–Kier alpha value is -0.843. The minimum Gasteiger partial charge on any atom is -0.308 e. The summed E-state index contributed by atoms with van der Waals surface area (Å²) in [4.78, 5) is 9.97. The van der Waals surface area contributed by atoms with Crippen LogP contribution in [-0.4, -0.2) is 16.8 Å². The van der Waals surface area contributed by atoms with Gasteiger partial charge in [0.05, 0.1) is 6.61 Å². The van der Waals surface area contributed by atoms with Gasteiger partial charge >= 0.3 is 0 Å². The molecule has 0 heterocycles. The Labute approximate surface area is 100.0 Å². The Morgan fingerprint density at radius 1 is 1.25 bits per heavy atom. The van der Waals surface area contributed by atoms with Crippen LogP contribution in [-0.2, 0) is 9.93 Å². The first-order chi connectivity index (χ1) is 7.75. The van der Waals surface area contributed by atoms with Crippen LogP contribution in [0.25, 0.3) is 0 Å². The molecule has 3 radical (unpaired) electrons. The van der Waals surface area contributed by atoms with Gasteiger partial charge in [-0.15, -0.1) is 0 Å². The first kappa shape index (κ1) is 13.2. The second kappa shape index (κ2) is 7.43. The topological polar surface area (TPSA) is 27.7 Å². The van der Waals surface area contributed by atoms with E-state index in [2.05, 4.69) is 24.1 Å². The molecule has 0 amide bonds. The largest absolute Gasteiger partial charge is 0.308 e. The summed E-state index contributed by atoms with van der Waals surface area (Å²) in [6.07, 6.45) is 0.881. The molecule has 0 N–H and O–H groups in total. The molecule has 3 nitrogen and oxygen atoms in total. The molecule has 0 spiro atoms. The van der Waals surface area contributed by atoms with Gasteiger partial charge in [-0.1, -0.05) is 38.1 Å². The maximum absolute atomic E-state index is 5.11. The van der Waals surface area contributed by atoms with Crippen molar-refractivity contribution in [2.45, 2.75) is 32.2 Å². The van der Waals surface area contributed by atoms with Crippen LogP contribution in [0, 0.1) is 0 Å². The molecule has 1 aromatic carbocycles. The molecule has 0 aliphatic heterocycles. The van der Waals surface area contributed by atoms with E-state index in [-0.39, 0.29) is 0 Å². The van der Waals surface area contributed by atoms with Gasteiger partial charge in [-0.05, 0) is 23.4 Å². The zero-order chi connectivity index (χ0) is 11.8. The molecule has 1 rings (SSSR count). The standard InChI is InChI=1S/C12H17O3Si/c1-10(2)11-6-3-4-7-12(11)14-15-13-8-5-9-16/h3-4,6-7,10H,5,8-9H2,1-2H3. The SMILES string of the molecule is CC(C)c1ccccc1OOOCCC[Si]. The summed E-state index contributed by atoms with van der Waals surface area (Å²) in [6, 6.07) is 8.65. The maximum atomic E-state index is 5.11. The summed E-state index contributed by atoms with van der Waals surface area (Å²) >= 11 is 0. The van der Waals surface area contributed by atoms with E-state index in [1.807, 2.05) is 24.3 Å². The molecule has 0 saturated carbocycles. The smallest absolute Gasteiger partial charge is 0.172 e. The third-order valence-electron chi connectivity index (χ3n) is 2.12. The van der Waals surface area contributed by atoms with E-state index in [1.165, 1.54) is 0 Å². The lowest BCUT2D eigenvalue weighted by Crippen LogP contribution is -2.03. The Morgan fingerprint density at radius 2 is 2.00 bits per heavy atom. The summed E-state index contributed by atoms with van der Waals surface area (Å²) < 4.78 is 0. The van der Waals surface area contributed by atoms with Crippen LogP contribution in [0.1, 0.15) is 31.7 Å². The summed E-state index contributed by atoms with van der Waals surface area (Å²) in [5.74, 6) is 1.10. The monoisotopic (exact) mass is 237 g/mol. The normalized spacial score (nSPS) is 10.8. The Balaban J connectivity index is 2.41. The molecule has 0 aromatic heterocycles. The van der Waals surface area contributed by atoms with Gasteiger partial charge in [-0.2, -0.15) is 4.89 Å². The van der Waals surface area contributed by atoms with Gasteiger partial charge in [-0.25, -0.2) is 0 Å². The summed E-state index contributed by atoms with van der Waals surface area (Å²) in [5.41, 5.74) is 1.10. The Kier molecular flexibility index (Phi) is 6.14. The first-order valence-electron chi connectivity index (χ1n) is 5.45. The van der Waals surface area contributed by atoms with Crippen molar-refractivity contribution in [3.63, 3.8) is 0 Å². The van der Waals surface area contributed by atoms with E-state index in [1.54, 1.807) is 0 Å². The van der Waals surface area contributed by atoms with Crippen molar-refractivity contribution in [1.29, 1.82) is 0 Å². The minimum atomic E-state index is 0.391. The minimum absolute atomic E-state index is 0.391. The highest BCUT2D eigenvalue weighted by Gasteiger charge is 2.07. The molecule has 0 unspecified atom stereocenters. The fourth-order valence-electron chi connectivity index (χ4n) is 1.26. The van der Waals surface area contributed by atoms with Crippen LogP contribution in [0.2, 0.25) is 6.04 Å². The van der Waals surface area contributed by atoms with Crippen LogP contribution in [0.15, 0.2) is 24.3 Å². The lowest BCUT2D eigenvalue weighted by Gasteiger charge is -2.11. The van der Waals surface area contributed by atoms with Crippen molar-refractivity contribution in [2.24, 2.45) is 0 Å². The van der Waals surface area contributed by atoms with Crippen molar-refractivity contribution >= 4 is 10.2 Å². The second-order valence-electron chi connectivity index (χ2n) is 3.77. The first-order valence-corrected chi connectivity index (χ1v) is 6.16. The fourth-order valence-corrected chi connectivity index (χ4v) is 1.40. The molecule has 0 atom stereocenters. The van der Waals surface area contributed by atoms with E-state index >= 15 is 0 Å². The molecule has 0 bridgehead atoms. The Bertz CT molecular complexity index is 302. The maximum Gasteiger partial charge on any atom is 0.172 e. The van der Waals surface area contributed by atoms with Crippen molar-refractivity contribution < 1.29 is 14.8 Å². The van der Waals surface area contributed by atoms with Gasteiger partial charge in [-0.3, -0.25) is 0 Å². The number of hydrogen-bond acceptors (Lipinski definition) is 3. The molecule has 16 heavy (non-hydrogen) atoms. The summed E-state index contributed by atoms with van der Waals surface area (Å²) in [7, 11) is 3.35. The molecule has 87 valence electrons. The zero-order valence-corrected chi connectivity index (χ0v) is 10.7. The van der Waals surface area contributed by atoms with Crippen molar-refractivity contribution in [3.05, 3.63) is 29.8 Å². The van der Waals surface area contributed by atoms with Gasteiger partial charge in [0, 0.05) is 15.8 Å². The summed E-state index contributed by atoms with van der Waals surface area (Å²) in [6.45, 7) is 4.72. The van der Waals surface area contributed by atoms with Gasteiger partial charge in [0.25, 0.3) is 0 Å². The lowest BCUT2D eigenvalue weighted by atomic mass is 10.0. The molecule has 4 heteroatoms. The average molecular weight is 237 g/mol. The van der Waals surface area contributed by atoms with E-state index in [0.717, 1.165) is 18.0 Å². The van der Waals surface area contributed by atoms with Gasteiger partial charge in [0.1, 0.15) is 0 Å². The van der Waals surface area contributed by atoms with Gasteiger partial charge < -0.3 is 4.89 Å². The Morgan fingerprint density at radius 3 is 2.69 bits per heavy atom. The van der Waals surface area contributed by atoms with Crippen molar-refractivity contribution in [3.8, 4) is 5.75 Å². The van der Waals surface area contributed by atoms with E-state index in [0.29, 0.717) is 18.3 Å². The van der Waals surface area contributed by atoms with Crippen LogP contribution in [0.5, 0.6) is 5.75 Å². The molecular formula is C12H17O3Si. The quantitative estimate of drug-likeness (QED) is 0.316. The average Bonchev–Trinajstić information content (AvgIpc) is 2.29. The molecule has 0 aliphatic carbocycles. The van der Waals surface area contributed by atoms with Crippen LogP contribution in [0.4, 0.5) is 0 Å². The zero-order valence-electron chi connectivity index (χ0n) is 9.73. The van der Waals surface area contributed by atoms with Crippen molar-refractivity contribution in [1.82, 2.24) is 0 Å².